The topological polar surface area (TPSA) is 64.3 Å². The molecule has 1 aromatic carbocycles. The van der Waals surface area contributed by atoms with E-state index in [1.165, 1.54) is 7.11 Å². The Morgan fingerprint density at radius 3 is 2.77 bits per heavy atom. The molecule has 0 aliphatic heterocycles. The first-order valence-corrected chi connectivity index (χ1v) is 4.32. The van der Waals surface area contributed by atoms with E-state index in [1.54, 1.807) is 18.2 Å². The number of methoxy groups -OCH3 is 1. The molecule has 0 radical (unpaired) electrons. The van der Waals surface area contributed by atoms with Crippen LogP contribution in [0.2, 0.25) is 0 Å². The Hall–Kier alpha value is -1.23. The van der Waals surface area contributed by atoms with Crippen LogP contribution in [0.25, 0.3) is 0 Å². The Balaban J connectivity index is 2.83. The number of amides is 1. The van der Waals surface area contributed by atoms with E-state index in [9.17, 15) is 4.79 Å². The van der Waals surface area contributed by atoms with Gasteiger partial charge in [0.25, 0.3) is 0 Å². The minimum atomic E-state index is -0.516. The van der Waals surface area contributed by atoms with Crippen molar-refractivity contribution in [1.82, 2.24) is 0 Å². The van der Waals surface area contributed by atoms with Crippen LogP contribution in [0.15, 0.2) is 22.7 Å². The maximum Gasteiger partial charge on any atom is 0.411 e. The summed E-state index contributed by atoms with van der Waals surface area (Å²) in [4.78, 5) is 10.8. The van der Waals surface area contributed by atoms with Crippen LogP contribution < -0.4 is 11.1 Å². The van der Waals surface area contributed by atoms with Crippen molar-refractivity contribution in [3.63, 3.8) is 0 Å². The molecule has 0 unspecified atom stereocenters. The van der Waals surface area contributed by atoms with E-state index < -0.39 is 6.09 Å². The molecule has 5 heteroatoms. The van der Waals surface area contributed by atoms with Crippen LogP contribution in [0.4, 0.5) is 16.2 Å². The van der Waals surface area contributed by atoms with E-state index >= 15 is 0 Å². The molecule has 0 aliphatic rings. The Kier molecular flexibility index (Phi) is 3.13. The van der Waals surface area contributed by atoms with E-state index in [0.29, 0.717) is 11.4 Å². The zero-order valence-electron chi connectivity index (χ0n) is 7.00. The molecule has 0 aliphatic carbocycles. The van der Waals surface area contributed by atoms with Crippen molar-refractivity contribution in [1.29, 1.82) is 0 Å². The quantitative estimate of drug-likeness (QED) is 0.745. The number of carbonyl (C=O) groups is 1. The maximum absolute atomic E-state index is 10.8. The summed E-state index contributed by atoms with van der Waals surface area (Å²) in [6.07, 6.45) is -0.516. The van der Waals surface area contributed by atoms with E-state index in [1.807, 2.05) is 0 Å². The van der Waals surface area contributed by atoms with Crippen LogP contribution in [0.3, 0.4) is 0 Å². The molecule has 0 atom stereocenters. The fraction of sp³-hybridized carbons (Fsp3) is 0.125. The zero-order chi connectivity index (χ0) is 9.84. The molecule has 0 fully saturated rings. The zero-order valence-corrected chi connectivity index (χ0v) is 8.59. The Morgan fingerprint density at radius 1 is 1.54 bits per heavy atom. The van der Waals surface area contributed by atoms with E-state index in [4.69, 9.17) is 5.73 Å². The van der Waals surface area contributed by atoms with E-state index in [0.717, 1.165) is 4.47 Å². The Labute approximate surface area is 84.2 Å². The minimum absolute atomic E-state index is 0.516. The van der Waals surface area contributed by atoms with Gasteiger partial charge < -0.3 is 10.5 Å². The largest absolute Gasteiger partial charge is 0.453 e. The average molecular weight is 245 g/mol. The third-order valence-electron chi connectivity index (χ3n) is 1.35. The lowest BCUT2D eigenvalue weighted by atomic mass is 10.3. The minimum Gasteiger partial charge on any atom is -0.453 e. The van der Waals surface area contributed by atoms with Gasteiger partial charge in [-0.2, -0.15) is 0 Å². The summed E-state index contributed by atoms with van der Waals surface area (Å²) in [7, 11) is 1.30. The molecule has 0 bridgehead atoms. The molecular weight excluding hydrogens is 236 g/mol. The second kappa shape index (κ2) is 4.13. The normalized spacial score (nSPS) is 9.38. The number of ether oxygens (including phenoxy) is 1. The predicted molar refractivity (Wildman–Crippen MR) is 54.6 cm³/mol. The van der Waals surface area contributed by atoms with Gasteiger partial charge in [0, 0.05) is 15.8 Å². The van der Waals surface area contributed by atoms with Gasteiger partial charge in [-0.05, 0) is 18.2 Å². The van der Waals surface area contributed by atoms with Crippen molar-refractivity contribution in [3.8, 4) is 0 Å². The summed E-state index contributed by atoms with van der Waals surface area (Å²) in [6.45, 7) is 0. The summed E-state index contributed by atoms with van der Waals surface area (Å²) in [5.74, 6) is 0. The molecule has 0 spiro atoms. The number of anilines is 2. The smallest absolute Gasteiger partial charge is 0.411 e. The lowest BCUT2D eigenvalue weighted by molar-refractivity contribution is 0.187. The first kappa shape index (κ1) is 9.85. The highest BCUT2D eigenvalue weighted by molar-refractivity contribution is 9.10. The highest BCUT2D eigenvalue weighted by Crippen LogP contribution is 2.20. The van der Waals surface area contributed by atoms with Gasteiger partial charge in [-0.3, -0.25) is 5.32 Å². The van der Waals surface area contributed by atoms with Crippen LogP contribution in [-0.4, -0.2) is 13.2 Å². The van der Waals surface area contributed by atoms with Crippen LogP contribution in [-0.2, 0) is 4.74 Å². The molecule has 0 aromatic heterocycles. The van der Waals surface area contributed by atoms with Crippen molar-refractivity contribution < 1.29 is 9.53 Å². The second-order valence-electron chi connectivity index (χ2n) is 2.39. The molecular formula is C8H9BrN2O2. The van der Waals surface area contributed by atoms with Crippen molar-refractivity contribution >= 4 is 33.4 Å². The van der Waals surface area contributed by atoms with E-state index in [2.05, 4.69) is 26.0 Å². The summed E-state index contributed by atoms with van der Waals surface area (Å²) in [6, 6.07) is 5.11. The molecule has 4 nitrogen and oxygen atoms in total. The van der Waals surface area contributed by atoms with Gasteiger partial charge in [0.1, 0.15) is 0 Å². The number of rotatable bonds is 1. The van der Waals surface area contributed by atoms with Crippen LogP contribution in [0.1, 0.15) is 0 Å². The fourth-order valence-electron chi connectivity index (χ4n) is 0.853. The number of benzene rings is 1. The summed E-state index contributed by atoms with van der Waals surface area (Å²) >= 11 is 3.25. The van der Waals surface area contributed by atoms with Gasteiger partial charge in [-0.15, -0.1) is 0 Å². The van der Waals surface area contributed by atoms with Gasteiger partial charge in [0.05, 0.1) is 7.11 Å². The Bertz CT molecular complexity index is 308. The van der Waals surface area contributed by atoms with Crippen molar-refractivity contribution in [2.45, 2.75) is 0 Å². The molecule has 13 heavy (non-hydrogen) atoms. The van der Waals surface area contributed by atoms with Crippen molar-refractivity contribution in [2.24, 2.45) is 0 Å². The predicted octanol–water partition coefficient (Wildman–Crippen LogP) is 2.21. The van der Waals surface area contributed by atoms with Gasteiger partial charge in [0.15, 0.2) is 0 Å². The summed E-state index contributed by atoms with van der Waals surface area (Å²) in [5.41, 5.74) is 6.72. The number of halogens is 1. The van der Waals surface area contributed by atoms with Crippen molar-refractivity contribution in [2.75, 3.05) is 18.2 Å². The van der Waals surface area contributed by atoms with Gasteiger partial charge in [-0.1, -0.05) is 15.9 Å². The van der Waals surface area contributed by atoms with Gasteiger partial charge in [0.2, 0.25) is 0 Å². The molecule has 0 saturated heterocycles. The highest BCUT2D eigenvalue weighted by atomic mass is 79.9. The molecule has 0 heterocycles. The molecule has 3 N–H and O–H groups in total. The lowest BCUT2D eigenvalue weighted by Crippen LogP contribution is -2.10. The summed E-state index contributed by atoms with van der Waals surface area (Å²) in [5, 5.41) is 2.50. The molecule has 1 aromatic rings. The van der Waals surface area contributed by atoms with Crippen molar-refractivity contribution in [3.05, 3.63) is 22.7 Å². The number of nitrogens with one attached hydrogen (secondary N) is 1. The average Bonchev–Trinajstić information content (AvgIpc) is 2.02. The number of hydrogen-bond acceptors (Lipinski definition) is 3. The van der Waals surface area contributed by atoms with Gasteiger partial charge >= 0.3 is 6.09 Å². The number of hydrogen-bond donors (Lipinski definition) is 2. The number of nitrogens with two attached hydrogens (primary N) is 1. The molecule has 1 rings (SSSR count). The summed E-state index contributed by atoms with van der Waals surface area (Å²) < 4.78 is 5.23. The van der Waals surface area contributed by atoms with E-state index in [-0.39, 0.29) is 0 Å². The number of carbonyl (C=O) groups excluding carboxylic acids is 1. The fourth-order valence-corrected chi connectivity index (χ4v) is 1.36. The second-order valence-corrected chi connectivity index (χ2v) is 3.31. The third kappa shape index (κ3) is 2.95. The van der Waals surface area contributed by atoms with Crippen LogP contribution in [0, 0.1) is 0 Å². The first-order chi connectivity index (χ1) is 6.11. The van der Waals surface area contributed by atoms with Crippen LogP contribution in [0.5, 0.6) is 0 Å². The van der Waals surface area contributed by atoms with Gasteiger partial charge in [-0.25, -0.2) is 4.79 Å². The molecule has 1 amide bonds. The Morgan fingerprint density at radius 2 is 2.23 bits per heavy atom. The van der Waals surface area contributed by atoms with Crippen LogP contribution >= 0.6 is 15.9 Å². The SMILES string of the molecule is COC(=O)Nc1cc(N)cc(Br)c1. The lowest BCUT2D eigenvalue weighted by Gasteiger charge is -2.04. The molecule has 0 saturated carbocycles. The maximum atomic E-state index is 10.8. The standard InChI is InChI=1S/C8H9BrN2O2/c1-13-8(12)11-7-3-5(9)2-6(10)4-7/h2-4H,10H2,1H3,(H,11,12). The molecule has 70 valence electrons. The highest BCUT2D eigenvalue weighted by Gasteiger charge is 2.01. The monoisotopic (exact) mass is 244 g/mol. The first-order valence-electron chi connectivity index (χ1n) is 3.53. The third-order valence-corrected chi connectivity index (χ3v) is 1.81. The number of nitrogen functional groups attached to an aromatic ring is 1.